The molecule has 1 aliphatic rings. The normalized spacial score (nSPS) is 17.1. The van der Waals surface area contributed by atoms with Crippen LogP contribution in [0.25, 0.3) is 11.1 Å². The number of likely N-dealkylation sites (N-methyl/N-ethyl adjacent to an activating group) is 1. The second-order valence-electron chi connectivity index (χ2n) is 5.71. The second-order valence-corrected chi connectivity index (χ2v) is 5.71. The minimum absolute atomic E-state index is 0.0847. The number of rotatable bonds is 4. The number of nitrogens with zero attached hydrogens (tertiary/aromatic N) is 3. The number of anilines is 1. The predicted molar refractivity (Wildman–Crippen MR) is 90.0 cm³/mol. The summed E-state index contributed by atoms with van der Waals surface area (Å²) in [5.41, 5.74) is 7.76. The van der Waals surface area contributed by atoms with Crippen molar-refractivity contribution >= 4 is 17.8 Å². The molecule has 0 saturated carbocycles. The average Bonchev–Trinajstić information content (AvgIpc) is 2.95. The number of hydrogen-bond donors (Lipinski definition) is 2. The Hall–Kier alpha value is -2.96. The van der Waals surface area contributed by atoms with Crippen LogP contribution in [0.15, 0.2) is 36.7 Å². The zero-order valence-electron chi connectivity index (χ0n) is 13.4. The van der Waals surface area contributed by atoms with Crippen molar-refractivity contribution in [3.63, 3.8) is 0 Å². The minimum atomic E-state index is -0.175. The molecule has 1 saturated heterocycles. The van der Waals surface area contributed by atoms with Gasteiger partial charge < -0.3 is 16.0 Å². The molecule has 7 heteroatoms. The van der Waals surface area contributed by atoms with Gasteiger partial charge in [0.15, 0.2) is 0 Å². The van der Waals surface area contributed by atoms with Gasteiger partial charge >= 0.3 is 0 Å². The summed E-state index contributed by atoms with van der Waals surface area (Å²) in [6.07, 6.45) is 3.64. The number of carbonyl (C=O) groups is 2. The van der Waals surface area contributed by atoms with Crippen molar-refractivity contribution in [1.29, 1.82) is 0 Å². The number of benzene rings is 1. The zero-order valence-corrected chi connectivity index (χ0v) is 13.4. The topological polar surface area (TPSA) is 101 Å². The smallest absolute Gasteiger partial charge is 0.251 e. The van der Waals surface area contributed by atoms with Crippen molar-refractivity contribution in [3.05, 3.63) is 42.2 Å². The molecule has 24 heavy (non-hydrogen) atoms. The molecule has 0 unspecified atom stereocenters. The third-order valence-electron chi connectivity index (χ3n) is 4.08. The Labute approximate surface area is 139 Å². The van der Waals surface area contributed by atoms with E-state index >= 15 is 0 Å². The maximum Gasteiger partial charge on any atom is 0.251 e. The van der Waals surface area contributed by atoms with Gasteiger partial charge in [-0.25, -0.2) is 9.97 Å². The molecule has 1 fully saturated rings. The van der Waals surface area contributed by atoms with Crippen molar-refractivity contribution in [3.8, 4) is 11.1 Å². The quantitative estimate of drug-likeness (QED) is 0.876. The van der Waals surface area contributed by atoms with Gasteiger partial charge in [0.1, 0.15) is 0 Å². The summed E-state index contributed by atoms with van der Waals surface area (Å²) >= 11 is 0. The summed E-state index contributed by atoms with van der Waals surface area (Å²) < 4.78 is 0. The zero-order chi connectivity index (χ0) is 17.1. The van der Waals surface area contributed by atoms with E-state index in [9.17, 15) is 9.59 Å². The van der Waals surface area contributed by atoms with E-state index in [1.807, 2.05) is 19.1 Å². The first-order valence-corrected chi connectivity index (χ1v) is 7.83. The van der Waals surface area contributed by atoms with E-state index in [-0.39, 0.29) is 23.8 Å². The number of likely N-dealkylation sites (tertiary alicyclic amines) is 1. The molecular weight excluding hydrogens is 306 g/mol. The second kappa shape index (κ2) is 6.66. The predicted octanol–water partition coefficient (Wildman–Crippen LogP) is 1.08. The van der Waals surface area contributed by atoms with Crippen LogP contribution in [0.3, 0.4) is 0 Å². The van der Waals surface area contributed by atoms with Gasteiger partial charge in [-0.2, -0.15) is 0 Å². The molecular formula is C17H19N5O2. The van der Waals surface area contributed by atoms with Crippen molar-refractivity contribution in [1.82, 2.24) is 20.2 Å². The van der Waals surface area contributed by atoms with Crippen LogP contribution < -0.4 is 11.1 Å². The average molecular weight is 325 g/mol. The molecule has 0 radical (unpaired) electrons. The lowest BCUT2D eigenvalue weighted by Crippen LogP contribution is -2.37. The van der Waals surface area contributed by atoms with Crippen LogP contribution in [-0.4, -0.2) is 45.8 Å². The van der Waals surface area contributed by atoms with Crippen molar-refractivity contribution < 1.29 is 9.59 Å². The van der Waals surface area contributed by atoms with Gasteiger partial charge in [-0.05, 0) is 24.6 Å². The highest BCUT2D eigenvalue weighted by Gasteiger charge is 2.29. The maximum absolute atomic E-state index is 12.3. The standard InChI is InChI=1S/C17H19N5O2/c1-2-22-10-14(7-15(22)23)21-16(24)12-5-3-11(4-6-12)13-8-19-17(18)20-9-13/h3-6,8-9,14H,2,7,10H2,1H3,(H,21,24)(H2,18,19,20)/t14-/m0/s1. The van der Waals surface area contributed by atoms with Crippen molar-refractivity contribution in [2.75, 3.05) is 18.8 Å². The van der Waals surface area contributed by atoms with Gasteiger partial charge in [0, 0.05) is 43.0 Å². The van der Waals surface area contributed by atoms with Crippen molar-refractivity contribution in [2.24, 2.45) is 0 Å². The monoisotopic (exact) mass is 325 g/mol. The molecule has 0 bridgehead atoms. The molecule has 1 aromatic carbocycles. The molecule has 3 N–H and O–H groups in total. The van der Waals surface area contributed by atoms with Crippen LogP contribution in [0.5, 0.6) is 0 Å². The van der Waals surface area contributed by atoms with Gasteiger partial charge in [0.25, 0.3) is 5.91 Å². The Kier molecular flexibility index (Phi) is 4.41. The third kappa shape index (κ3) is 3.34. The largest absolute Gasteiger partial charge is 0.368 e. The van der Waals surface area contributed by atoms with E-state index in [4.69, 9.17) is 5.73 Å². The Bertz CT molecular complexity index is 743. The van der Waals surface area contributed by atoms with E-state index in [0.717, 1.165) is 11.1 Å². The first-order chi connectivity index (χ1) is 11.6. The van der Waals surface area contributed by atoms with Gasteiger partial charge in [0.05, 0.1) is 6.04 Å². The van der Waals surface area contributed by atoms with Gasteiger partial charge in [0.2, 0.25) is 11.9 Å². The molecule has 1 atom stereocenters. The van der Waals surface area contributed by atoms with E-state index in [0.29, 0.717) is 25.1 Å². The lowest BCUT2D eigenvalue weighted by molar-refractivity contribution is -0.127. The number of amides is 2. The molecule has 124 valence electrons. The summed E-state index contributed by atoms with van der Waals surface area (Å²) in [6, 6.07) is 7.03. The van der Waals surface area contributed by atoms with Gasteiger partial charge in [-0.1, -0.05) is 12.1 Å². The lowest BCUT2D eigenvalue weighted by atomic mass is 10.1. The number of nitrogens with one attached hydrogen (secondary N) is 1. The number of carbonyl (C=O) groups excluding carboxylic acids is 2. The van der Waals surface area contributed by atoms with Gasteiger partial charge in [-0.15, -0.1) is 0 Å². The van der Waals surface area contributed by atoms with Crippen LogP contribution in [0.4, 0.5) is 5.95 Å². The van der Waals surface area contributed by atoms with Gasteiger partial charge in [-0.3, -0.25) is 9.59 Å². The lowest BCUT2D eigenvalue weighted by Gasteiger charge is -2.14. The Morgan fingerprint density at radius 2 is 1.92 bits per heavy atom. The highest BCUT2D eigenvalue weighted by atomic mass is 16.2. The summed E-state index contributed by atoms with van der Waals surface area (Å²) in [4.78, 5) is 33.7. The highest BCUT2D eigenvalue weighted by Crippen LogP contribution is 2.19. The fourth-order valence-electron chi connectivity index (χ4n) is 2.74. The number of aromatic nitrogens is 2. The molecule has 3 rings (SSSR count). The van der Waals surface area contributed by atoms with E-state index in [1.54, 1.807) is 29.4 Å². The summed E-state index contributed by atoms with van der Waals surface area (Å²) in [6.45, 7) is 3.17. The summed E-state index contributed by atoms with van der Waals surface area (Å²) in [5, 5.41) is 2.91. The van der Waals surface area contributed by atoms with Crippen LogP contribution in [-0.2, 0) is 4.79 Å². The molecule has 0 spiro atoms. The van der Waals surface area contributed by atoms with Crippen LogP contribution in [0.1, 0.15) is 23.7 Å². The fraction of sp³-hybridized carbons (Fsp3) is 0.294. The molecule has 2 amide bonds. The molecule has 2 aromatic rings. The van der Waals surface area contributed by atoms with Crippen LogP contribution in [0, 0.1) is 0 Å². The molecule has 1 aliphatic heterocycles. The summed E-state index contributed by atoms with van der Waals surface area (Å²) in [7, 11) is 0. The highest BCUT2D eigenvalue weighted by molar-refractivity contribution is 5.95. The van der Waals surface area contributed by atoms with E-state index in [2.05, 4.69) is 15.3 Å². The van der Waals surface area contributed by atoms with Crippen LogP contribution in [0.2, 0.25) is 0 Å². The SMILES string of the molecule is CCN1C[C@@H](NC(=O)c2ccc(-c3cnc(N)nc3)cc2)CC1=O. The van der Waals surface area contributed by atoms with E-state index < -0.39 is 0 Å². The van der Waals surface area contributed by atoms with E-state index in [1.165, 1.54) is 0 Å². The Morgan fingerprint density at radius 1 is 1.25 bits per heavy atom. The first kappa shape index (κ1) is 15.9. The van der Waals surface area contributed by atoms with Crippen molar-refractivity contribution in [2.45, 2.75) is 19.4 Å². The molecule has 7 nitrogen and oxygen atoms in total. The number of nitrogens with two attached hydrogens (primary N) is 1. The minimum Gasteiger partial charge on any atom is -0.368 e. The Balaban J connectivity index is 1.66. The maximum atomic E-state index is 12.3. The number of hydrogen-bond acceptors (Lipinski definition) is 5. The third-order valence-corrected chi connectivity index (χ3v) is 4.08. The van der Waals surface area contributed by atoms with Crippen LogP contribution >= 0.6 is 0 Å². The number of nitrogen functional groups attached to an aromatic ring is 1. The molecule has 1 aromatic heterocycles. The first-order valence-electron chi connectivity index (χ1n) is 7.83. The molecule has 0 aliphatic carbocycles. The molecule has 2 heterocycles. The summed E-state index contributed by atoms with van der Waals surface area (Å²) in [5.74, 6) is 0.134. The fourth-order valence-corrected chi connectivity index (χ4v) is 2.74. The Morgan fingerprint density at radius 3 is 2.50 bits per heavy atom.